The number of carboxylic acid groups (broad SMARTS) is 2. The highest BCUT2D eigenvalue weighted by molar-refractivity contribution is 5.77. The largest absolute Gasteiger partial charge is 0.481 e. The number of carbonyl (C=O) groups is 6. The van der Waals surface area contributed by atoms with Gasteiger partial charge >= 0.3 is 30.0 Å². The van der Waals surface area contributed by atoms with Gasteiger partial charge < -0.3 is 108 Å². The van der Waals surface area contributed by atoms with E-state index in [0.29, 0.717) is 156 Å². The van der Waals surface area contributed by atoms with Crippen molar-refractivity contribution < 1.29 is 120 Å². The first-order chi connectivity index (χ1) is 45.2. The molecule has 14 rings (SSSR count). The van der Waals surface area contributed by atoms with Gasteiger partial charge in [-0.05, 0) is 37.0 Å². The summed E-state index contributed by atoms with van der Waals surface area (Å²) in [5.41, 5.74) is 15.1. The van der Waals surface area contributed by atoms with E-state index in [9.17, 15) is 38.6 Å². The zero-order valence-corrected chi connectivity index (χ0v) is 52.4. The van der Waals surface area contributed by atoms with Gasteiger partial charge in [-0.1, -0.05) is 37.1 Å². The standard InChI is InChI=1S/C10H18O2.C8H13NO3.C8H12O4.2C7H11N3O4.2C7H10O4.C5H8O2/c11-8-9-12-10-6-4-2-1-3-5-7-10;9-8(10)1-5-6-2-11-4-12-3-7(5)6;1-10-8(9)7-5-2-11-4-12-3-6(5)7;2*8-7(11)10(9-12)6-4-1-13-3-14-2-5(4)6;2*8-7(9)6-4-1-10-3-11-2-5(4)6;1-2-4-7-5-6-3-1/h4,6,10-11H,1-3,5,7-9H2;5-7H,1-4H2,(H2,9,10);5-7H,2-4H2,1H3;2*4-6H,1-3H2,(H2,8,11);2*4-6H,1-3H2,(H,8,9);1-2H,3-5H2/b6-4+;;;;;;;/t;5?,6-,7+;5-,6+,7?;4*4-,5+,6?;. The van der Waals surface area contributed by atoms with E-state index < -0.39 is 24.0 Å². The van der Waals surface area contributed by atoms with Crippen molar-refractivity contribution in [1.29, 1.82) is 0 Å². The topological polar surface area (TPSA) is 454 Å². The Kier molecular flexibility index (Phi) is 31.8. The second-order valence-corrected chi connectivity index (χ2v) is 24.3. The minimum atomic E-state index is -0.821. The van der Waals surface area contributed by atoms with Gasteiger partial charge in [0.2, 0.25) is 5.91 Å². The van der Waals surface area contributed by atoms with Crippen LogP contribution in [0.4, 0.5) is 9.59 Å². The molecule has 0 radical (unpaired) electrons. The number of urea groups is 2. The van der Waals surface area contributed by atoms with E-state index in [-0.39, 0.29) is 115 Å². The Labute approximate surface area is 538 Å². The summed E-state index contributed by atoms with van der Waals surface area (Å²) in [5, 5.41) is 32.6. The number of hydrogen-bond acceptors (Lipinski definition) is 27. The van der Waals surface area contributed by atoms with Crippen LogP contribution >= 0.6 is 0 Å². The molecule has 19 atom stereocenters. The molecule has 526 valence electrons. The third-order valence-electron chi connectivity index (χ3n) is 18.4. The number of methoxy groups -OCH3 is 1. The molecular formula is C59H93N7O27. The fraction of sp³-hybridized carbons (Fsp3) is 0.831. The van der Waals surface area contributed by atoms with Crippen LogP contribution in [0.5, 0.6) is 0 Å². The molecule has 93 heavy (non-hydrogen) atoms. The predicted molar refractivity (Wildman–Crippen MR) is 315 cm³/mol. The van der Waals surface area contributed by atoms with Crippen LogP contribution in [0.15, 0.2) is 34.9 Å². The summed E-state index contributed by atoms with van der Waals surface area (Å²) in [6.45, 7) is 11.2. The van der Waals surface area contributed by atoms with Crippen LogP contribution in [0, 0.1) is 105 Å². The average Bonchev–Trinajstić information content (AvgIpc) is 1.66. The number of aliphatic hydroxyl groups is 1. The van der Waals surface area contributed by atoms with Crippen molar-refractivity contribution in [3.05, 3.63) is 34.1 Å². The van der Waals surface area contributed by atoms with E-state index in [1.54, 1.807) is 0 Å². The molecule has 9 N–H and O–H groups in total. The Morgan fingerprint density at radius 1 is 0.473 bits per heavy atom. The second-order valence-electron chi connectivity index (χ2n) is 24.3. The number of aliphatic hydroxyl groups excluding tert-OH is 1. The summed E-state index contributed by atoms with van der Waals surface area (Å²) in [7, 11) is 1.42. The number of esters is 1. The molecule has 5 amide bonds. The van der Waals surface area contributed by atoms with Gasteiger partial charge in [0.15, 0.2) is 0 Å². The van der Waals surface area contributed by atoms with Gasteiger partial charge in [-0.25, -0.2) is 9.59 Å². The quantitative estimate of drug-likeness (QED) is 0.0696. The summed E-state index contributed by atoms with van der Waals surface area (Å²) in [5.74, 6) is 1.27. The van der Waals surface area contributed by atoms with Gasteiger partial charge in [-0.15, -0.1) is 9.81 Å². The van der Waals surface area contributed by atoms with Crippen LogP contribution in [-0.2, 0) is 95.0 Å². The van der Waals surface area contributed by atoms with Crippen molar-refractivity contribution in [2.24, 2.45) is 122 Å². The van der Waals surface area contributed by atoms with Crippen LogP contribution in [0.1, 0.15) is 38.5 Å². The number of carboxylic acids is 2. The molecule has 0 aromatic heterocycles. The number of nitrogens with two attached hydrogens (primary N) is 3. The maximum absolute atomic E-state index is 11.1. The molecule has 6 saturated carbocycles. The van der Waals surface area contributed by atoms with Gasteiger partial charge in [0, 0.05) is 65.6 Å². The number of amides is 5. The summed E-state index contributed by atoms with van der Waals surface area (Å²) in [4.78, 5) is 85.1. The molecule has 34 heteroatoms. The lowest BCUT2D eigenvalue weighted by molar-refractivity contribution is -0.144. The summed E-state index contributed by atoms with van der Waals surface area (Å²) >= 11 is 0. The highest BCUT2D eigenvalue weighted by Crippen LogP contribution is 2.51. The van der Waals surface area contributed by atoms with Gasteiger partial charge in [-0.3, -0.25) is 19.2 Å². The number of carbonyl (C=O) groups excluding carboxylic acids is 4. The number of rotatable bonds is 12. The lowest BCUT2D eigenvalue weighted by Gasteiger charge is -2.15. The molecule has 14 aliphatic rings. The van der Waals surface area contributed by atoms with Crippen molar-refractivity contribution in [1.82, 2.24) is 10.0 Å². The lowest BCUT2D eigenvalue weighted by atomic mass is 10.0. The number of fused-ring (bicyclic) bond motifs is 6. The first-order valence-electron chi connectivity index (χ1n) is 31.5. The Bertz CT molecular complexity index is 2250. The zero-order chi connectivity index (χ0) is 66.7. The molecule has 7 aliphatic carbocycles. The van der Waals surface area contributed by atoms with Crippen molar-refractivity contribution in [2.75, 3.05) is 160 Å². The molecule has 12 fully saturated rings. The summed E-state index contributed by atoms with van der Waals surface area (Å²) in [6.07, 6.45) is 15.1. The van der Waals surface area contributed by atoms with Crippen LogP contribution in [0.3, 0.4) is 0 Å². The number of hydrogen-bond donors (Lipinski definition) is 6. The number of primary amides is 3. The number of ether oxygens (including phenoxy) is 16. The average molecular weight is 1330 g/mol. The first kappa shape index (κ1) is 74.8. The highest BCUT2D eigenvalue weighted by Gasteiger charge is 2.60. The van der Waals surface area contributed by atoms with E-state index in [4.69, 9.17) is 104 Å². The van der Waals surface area contributed by atoms with Crippen LogP contribution in [0.25, 0.3) is 0 Å². The van der Waals surface area contributed by atoms with Gasteiger partial charge in [0.05, 0.1) is 159 Å². The molecular weight excluding hydrogens is 1240 g/mol. The third-order valence-corrected chi connectivity index (χ3v) is 18.4. The Hall–Kier alpha value is -5.54. The van der Waals surface area contributed by atoms with Crippen molar-refractivity contribution in [3.63, 3.8) is 0 Å². The third kappa shape index (κ3) is 23.7. The first-order valence-corrected chi connectivity index (χ1v) is 31.5. The van der Waals surface area contributed by atoms with Gasteiger partial charge in [0.25, 0.3) is 0 Å². The maximum atomic E-state index is 11.1. The minimum Gasteiger partial charge on any atom is -0.481 e. The molecule has 0 spiro atoms. The van der Waals surface area contributed by atoms with Crippen molar-refractivity contribution in [2.45, 2.75) is 56.7 Å². The van der Waals surface area contributed by atoms with E-state index in [2.05, 4.69) is 27.5 Å². The SMILES string of the molecule is C1=CCOCOC1.COC(=O)C1[C@H]2COCOC[C@@H]12.NC(=O)CC1[C@H]2COCOC[C@@H]12.NC(=O)N(N=O)C1[C@H]2COCOC[C@@H]12.NC(=O)N(N=O)C1[C@H]2COCOC[C@@H]12.O=C(O)C1[C@H]2COCOC[C@@H]12.O=C(O)C1[C@H]2COCOC[C@@H]12.OCCOC1/C=C/CCCCC1. The van der Waals surface area contributed by atoms with E-state index in [0.717, 1.165) is 29.7 Å². The monoisotopic (exact) mass is 1330 g/mol. The number of allylic oxidation sites excluding steroid dienone is 1. The molecule has 7 aliphatic heterocycles. The molecule has 0 aromatic carbocycles. The molecule has 34 nitrogen and oxygen atoms in total. The lowest BCUT2D eigenvalue weighted by Crippen LogP contribution is -2.35. The maximum Gasteiger partial charge on any atom is 0.338 e. The van der Waals surface area contributed by atoms with Crippen LogP contribution < -0.4 is 17.2 Å². The van der Waals surface area contributed by atoms with Crippen molar-refractivity contribution in [3.8, 4) is 0 Å². The summed E-state index contributed by atoms with van der Waals surface area (Å²) < 4.78 is 81.1. The molecule has 0 aromatic rings. The normalized spacial score (nSPS) is 36.1. The Morgan fingerprint density at radius 2 is 0.817 bits per heavy atom. The smallest absolute Gasteiger partial charge is 0.338 e. The molecule has 0 bridgehead atoms. The molecule has 6 saturated heterocycles. The fourth-order valence-corrected chi connectivity index (χ4v) is 12.9. The van der Waals surface area contributed by atoms with Crippen LogP contribution in [-0.4, -0.2) is 240 Å². The number of aliphatic carboxylic acids is 2. The second kappa shape index (κ2) is 39.5. The molecule has 7 unspecified atom stereocenters. The van der Waals surface area contributed by atoms with Crippen molar-refractivity contribution >= 4 is 35.9 Å². The van der Waals surface area contributed by atoms with Crippen LogP contribution in [0.2, 0.25) is 0 Å². The van der Waals surface area contributed by atoms with Gasteiger partial charge in [0.1, 0.15) is 47.6 Å². The van der Waals surface area contributed by atoms with Gasteiger partial charge in [-0.2, -0.15) is 10.0 Å². The minimum absolute atomic E-state index is 0.0234. The van der Waals surface area contributed by atoms with E-state index >= 15 is 0 Å². The molecule has 7 heterocycles. The zero-order valence-electron chi connectivity index (χ0n) is 52.4. The van der Waals surface area contributed by atoms with E-state index in [1.165, 1.54) is 32.8 Å². The fourth-order valence-electron chi connectivity index (χ4n) is 12.9. The number of nitroso groups, excluding NO2 is 2. The highest BCUT2D eigenvalue weighted by atomic mass is 16.7. The Balaban J connectivity index is 0.000000151. The predicted octanol–water partition coefficient (Wildman–Crippen LogP) is 1.40. The van der Waals surface area contributed by atoms with E-state index in [1.807, 2.05) is 12.2 Å². The Morgan fingerprint density at radius 3 is 1.14 bits per heavy atom. The number of nitrogens with zero attached hydrogens (tertiary/aromatic N) is 4. The summed E-state index contributed by atoms with van der Waals surface area (Å²) in [6, 6.07) is -2.13.